The molecule has 0 aromatic heterocycles. The first-order valence-electron chi connectivity index (χ1n) is 8.83. The van der Waals surface area contributed by atoms with Crippen LogP contribution in [0.3, 0.4) is 0 Å². The lowest BCUT2D eigenvalue weighted by Gasteiger charge is -2.12. The first-order valence-corrected chi connectivity index (χ1v) is 10.0. The smallest absolute Gasteiger partial charge is 0.249 e. The van der Waals surface area contributed by atoms with Gasteiger partial charge in [-0.2, -0.15) is 5.10 Å². The van der Waals surface area contributed by atoms with Crippen molar-refractivity contribution in [2.45, 2.75) is 13.3 Å². The quantitative estimate of drug-likeness (QED) is 0.240. The monoisotopic (exact) mass is 491 g/mol. The Kier molecular flexibility index (Phi) is 9.19. The zero-order chi connectivity index (χ0) is 21.9. The molecule has 7 nitrogen and oxygen atoms in total. The maximum absolute atomic E-state index is 12.0. The number of hydrogen-bond acceptors (Lipinski definition) is 5. The summed E-state index contributed by atoms with van der Waals surface area (Å²) in [6, 6.07) is 10.3. The number of para-hydroxylation sites is 1. The molecular formula is C21H19BrClN3O4. The van der Waals surface area contributed by atoms with E-state index in [2.05, 4.69) is 37.7 Å². The highest BCUT2D eigenvalue weighted by Crippen LogP contribution is 2.36. The molecule has 0 spiro atoms. The van der Waals surface area contributed by atoms with Crippen molar-refractivity contribution in [2.75, 3.05) is 18.5 Å². The summed E-state index contributed by atoms with van der Waals surface area (Å²) in [4.78, 5) is 23.9. The summed E-state index contributed by atoms with van der Waals surface area (Å²) >= 11 is 9.55. The molecule has 0 saturated carbocycles. The molecule has 0 aliphatic heterocycles. The van der Waals surface area contributed by atoms with Crippen LogP contribution in [0.15, 0.2) is 46.0 Å². The maximum atomic E-state index is 12.0. The number of terminal acetylenes is 1. The van der Waals surface area contributed by atoms with Crippen molar-refractivity contribution in [3.63, 3.8) is 0 Å². The van der Waals surface area contributed by atoms with Crippen molar-refractivity contribution in [3.8, 4) is 23.8 Å². The minimum atomic E-state index is -0.569. The summed E-state index contributed by atoms with van der Waals surface area (Å²) in [5, 5.41) is 6.78. The van der Waals surface area contributed by atoms with Crippen LogP contribution in [0.5, 0.6) is 11.5 Å². The minimum absolute atomic E-state index is 0.0465. The van der Waals surface area contributed by atoms with Crippen molar-refractivity contribution in [3.05, 3.63) is 51.5 Å². The second kappa shape index (κ2) is 11.9. The zero-order valence-electron chi connectivity index (χ0n) is 16.1. The number of ether oxygens (including phenoxy) is 2. The van der Waals surface area contributed by atoms with E-state index in [4.69, 9.17) is 27.5 Å². The molecule has 2 aromatic rings. The van der Waals surface area contributed by atoms with Gasteiger partial charge in [-0.15, -0.1) is 6.42 Å². The Labute approximate surface area is 187 Å². The molecule has 0 aliphatic rings. The van der Waals surface area contributed by atoms with Crippen LogP contribution in [-0.2, 0) is 9.59 Å². The molecule has 2 rings (SSSR count). The van der Waals surface area contributed by atoms with Gasteiger partial charge in [-0.25, -0.2) is 5.43 Å². The van der Waals surface area contributed by atoms with Crippen LogP contribution in [0.2, 0.25) is 5.02 Å². The van der Waals surface area contributed by atoms with E-state index in [0.29, 0.717) is 33.8 Å². The molecule has 0 atom stereocenters. The van der Waals surface area contributed by atoms with E-state index in [-0.39, 0.29) is 18.1 Å². The van der Waals surface area contributed by atoms with Crippen LogP contribution in [0.1, 0.15) is 18.9 Å². The van der Waals surface area contributed by atoms with Crippen LogP contribution in [0.25, 0.3) is 0 Å². The van der Waals surface area contributed by atoms with Gasteiger partial charge in [-0.3, -0.25) is 9.59 Å². The lowest BCUT2D eigenvalue weighted by Crippen LogP contribution is -2.24. The molecule has 0 heterocycles. The Hall–Kier alpha value is -3.02. The molecule has 2 aromatic carbocycles. The average molecular weight is 493 g/mol. The normalized spacial score (nSPS) is 10.3. The molecule has 156 valence electrons. The average Bonchev–Trinajstić information content (AvgIpc) is 2.69. The second-order valence-electron chi connectivity index (χ2n) is 5.75. The number of hydrogen-bond donors (Lipinski definition) is 2. The predicted molar refractivity (Wildman–Crippen MR) is 120 cm³/mol. The number of anilines is 1. The number of carbonyl (C=O) groups excluding carboxylic acids is 2. The van der Waals surface area contributed by atoms with Gasteiger partial charge in [0.15, 0.2) is 11.5 Å². The molecular weight excluding hydrogens is 474 g/mol. The maximum Gasteiger partial charge on any atom is 0.249 e. The number of amides is 2. The van der Waals surface area contributed by atoms with Gasteiger partial charge in [0, 0.05) is 4.47 Å². The lowest BCUT2D eigenvalue weighted by molar-refractivity contribution is -0.126. The van der Waals surface area contributed by atoms with Crippen molar-refractivity contribution >= 4 is 51.2 Å². The Bertz CT molecular complexity index is 989. The van der Waals surface area contributed by atoms with Crippen LogP contribution >= 0.6 is 27.5 Å². The highest BCUT2D eigenvalue weighted by molar-refractivity contribution is 9.10. The highest BCUT2D eigenvalue weighted by atomic mass is 79.9. The molecule has 0 aliphatic carbocycles. The molecule has 0 unspecified atom stereocenters. The SMILES string of the molecule is C#CCOc1c(Cl)cc(C=NNC(=O)CC(=O)Nc2ccccc2Br)cc1OCC. The third-order valence-corrected chi connectivity index (χ3v) is 4.48. The lowest BCUT2D eigenvalue weighted by atomic mass is 10.2. The predicted octanol–water partition coefficient (Wildman–Crippen LogP) is 3.99. The largest absolute Gasteiger partial charge is 0.490 e. The molecule has 2 N–H and O–H groups in total. The number of hydrazone groups is 1. The minimum Gasteiger partial charge on any atom is -0.490 e. The molecule has 30 heavy (non-hydrogen) atoms. The third-order valence-electron chi connectivity index (χ3n) is 3.50. The fourth-order valence-corrected chi connectivity index (χ4v) is 2.96. The van der Waals surface area contributed by atoms with Crippen LogP contribution < -0.4 is 20.2 Å². The molecule has 9 heteroatoms. The number of nitrogens with zero attached hydrogens (tertiary/aromatic N) is 1. The van der Waals surface area contributed by atoms with Gasteiger partial charge in [-0.1, -0.05) is 29.7 Å². The molecule has 2 amide bonds. The van der Waals surface area contributed by atoms with E-state index in [9.17, 15) is 9.59 Å². The van der Waals surface area contributed by atoms with Crippen LogP contribution in [0.4, 0.5) is 5.69 Å². The number of carbonyl (C=O) groups is 2. The Morgan fingerprint density at radius 1 is 1.27 bits per heavy atom. The van der Waals surface area contributed by atoms with E-state index in [1.165, 1.54) is 6.21 Å². The van der Waals surface area contributed by atoms with Gasteiger partial charge in [0.25, 0.3) is 0 Å². The summed E-state index contributed by atoms with van der Waals surface area (Å²) in [5.41, 5.74) is 3.44. The Morgan fingerprint density at radius 2 is 2.03 bits per heavy atom. The fourth-order valence-electron chi connectivity index (χ4n) is 2.30. The van der Waals surface area contributed by atoms with E-state index in [0.717, 1.165) is 0 Å². The van der Waals surface area contributed by atoms with Gasteiger partial charge < -0.3 is 14.8 Å². The van der Waals surface area contributed by atoms with Crippen molar-refractivity contribution < 1.29 is 19.1 Å². The van der Waals surface area contributed by atoms with Crippen molar-refractivity contribution in [2.24, 2.45) is 5.10 Å². The summed E-state index contributed by atoms with van der Waals surface area (Å²) in [6.07, 6.45) is 6.20. The van der Waals surface area contributed by atoms with E-state index in [1.54, 1.807) is 30.3 Å². The van der Waals surface area contributed by atoms with Gasteiger partial charge in [0.2, 0.25) is 11.8 Å². The van der Waals surface area contributed by atoms with Crippen molar-refractivity contribution in [1.29, 1.82) is 0 Å². The Balaban J connectivity index is 1.97. The topological polar surface area (TPSA) is 89.0 Å². The van der Waals surface area contributed by atoms with Crippen LogP contribution in [0, 0.1) is 12.3 Å². The molecule has 0 bridgehead atoms. The summed E-state index contributed by atoms with van der Waals surface area (Å²) < 4.78 is 11.6. The van der Waals surface area contributed by atoms with Crippen LogP contribution in [-0.4, -0.2) is 31.2 Å². The second-order valence-corrected chi connectivity index (χ2v) is 7.02. The van der Waals surface area contributed by atoms with E-state index in [1.807, 2.05) is 13.0 Å². The number of halogens is 2. The van der Waals surface area contributed by atoms with Gasteiger partial charge in [-0.05, 0) is 52.7 Å². The van der Waals surface area contributed by atoms with E-state index >= 15 is 0 Å². The number of rotatable bonds is 9. The summed E-state index contributed by atoms with van der Waals surface area (Å²) in [7, 11) is 0. The van der Waals surface area contributed by atoms with E-state index < -0.39 is 11.8 Å². The number of nitrogens with one attached hydrogen (secondary N) is 2. The number of benzene rings is 2. The highest BCUT2D eigenvalue weighted by Gasteiger charge is 2.13. The third kappa shape index (κ3) is 7.10. The standard InChI is InChI=1S/C21H19BrClN3O4/c1-3-9-30-21-16(23)10-14(11-18(21)29-4-2)13-24-26-20(28)12-19(27)25-17-8-6-5-7-15(17)22/h1,5-8,10-11,13H,4,9,12H2,2H3,(H,25,27)(H,26,28). The molecule has 0 radical (unpaired) electrons. The summed E-state index contributed by atoms with van der Waals surface area (Å²) in [6.45, 7) is 2.26. The Morgan fingerprint density at radius 3 is 2.73 bits per heavy atom. The molecule has 0 fully saturated rings. The van der Waals surface area contributed by atoms with Gasteiger partial charge in [0.05, 0.1) is 23.5 Å². The fraction of sp³-hybridized carbons (Fsp3) is 0.190. The van der Waals surface area contributed by atoms with Gasteiger partial charge >= 0.3 is 0 Å². The summed E-state index contributed by atoms with van der Waals surface area (Å²) in [5.74, 6) is 2.07. The zero-order valence-corrected chi connectivity index (χ0v) is 18.4. The van der Waals surface area contributed by atoms with Crippen molar-refractivity contribution in [1.82, 2.24) is 5.43 Å². The molecule has 0 saturated heterocycles. The first-order chi connectivity index (χ1) is 14.4. The van der Waals surface area contributed by atoms with Gasteiger partial charge in [0.1, 0.15) is 13.0 Å². The first kappa shape index (κ1) is 23.3.